The third-order valence-corrected chi connectivity index (χ3v) is 5.34. The molecule has 162 valence electrons. The number of benzene rings is 2. The van der Waals surface area contributed by atoms with Crippen LogP contribution in [0.4, 0.5) is 0 Å². The second-order valence-corrected chi connectivity index (χ2v) is 7.68. The number of hydrogen-bond donors (Lipinski definition) is 2. The third kappa shape index (κ3) is 4.78. The molecule has 1 aromatic heterocycles. The minimum Gasteiger partial charge on any atom is -0.456 e. The summed E-state index contributed by atoms with van der Waals surface area (Å²) in [5.74, 6) is 0.655. The maximum Gasteiger partial charge on any atom is 0.220 e. The number of aryl methyl sites for hydroxylation is 1. The maximum atomic E-state index is 12.7. The lowest BCUT2D eigenvalue weighted by Gasteiger charge is -2.21. The van der Waals surface area contributed by atoms with Crippen molar-refractivity contribution in [1.82, 2.24) is 20.2 Å². The molecule has 0 saturated carbocycles. The van der Waals surface area contributed by atoms with E-state index in [0.29, 0.717) is 30.0 Å². The van der Waals surface area contributed by atoms with Crippen LogP contribution < -0.4 is 15.4 Å². The van der Waals surface area contributed by atoms with Crippen molar-refractivity contribution in [3.8, 4) is 17.6 Å². The Labute approximate surface area is 185 Å². The van der Waals surface area contributed by atoms with E-state index in [9.17, 15) is 14.9 Å². The van der Waals surface area contributed by atoms with Crippen LogP contribution in [0.15, 0.2) is 55.0 Å². The van der Waals surface area contributed by atoms with E-state index in [1.165, 1.54) is 0 Å². The van der Waals surface area contributed by atoms with E-state index in [1.54, 1.807) is 36.8 Å². The Morgan fingerprint density at radius 1 is 1.16 bits per heavy atom. The number of hydrogen-bond acceptors (Lipinski definition) is 5. The molecule has 32 heavy (non-hydrogen) atoms. The Bertz CT molecular complexity index is 1190. The third-order valence-electron chi connectivity index (χ3n) is 5.34. The summed E-state index contributed by atoms with van der Waals surface area (Å²) in [4.78, 5) is 29.0. The SMILES string of the molecule is Cn1cncc1C1NC(=O)CCCC(=O)NCc2ccc(C#N)c(c2)Oc2cccc1c2. The van der Waals surface area contributed by atoms with E-state index < -0.39 is 6.04 Å². The molecule has 4 rings (SSSR count). The number of ether oxygens (including phenoxy) is 1. The van der Waals surface area contributed by atoms with E-state index in [0.717, 1.165) is 16.8 Å². The van der Waals surface area contributed by atoms with E-state index in [2.05, 4.69) is 21.7 Å². The molecule has 1 aliphatic heterocycles. The predicted molar refractivity (Wildman–Crippen MR) is 117 cm³/mol. The number of aromatic nitrogens is 2. The zero-order valence-electron chi connectivity index (χ0n) is 17.7. The van der Waals surface area contributed by atoms with E-state index in [1.807, 2.05) is 29.8 Å². The zero-order valence-corrected chi connectivity index (χ0v) is 17.7. The molecule has 4 bridgehead atoms. The Morgan fingerprint density at radius 3 is 2.78 bits per heavy atom. The number of carbonyl (C=O) groups excluding carboxylic acids is 2. The van der Waals surface area contributed by atoms with Crippen LogP contribution in [0.3, 0.4) is 0 Å². The van der Waals surface area contributed by atoms with Crippen LogP contribution in [0.25, 0.3) is 0 Å². The first-order chi connectivity index (χ1) is 15.5. The first-order valence-corrected chi connectivity index (χ1v) is 10.4. The summed E-state index contributed by atoms with van der Waals surface area (Å²) in [5, 5.41) is 15.4. The smallest absolute Gasteiger partial charge is 0.220 e. The van der Waals surface area contributed by atoms with Gasteiger partial charge in [-0.3, -0.25) is 9.59 Å². The fraction of sp³-hybridized carbons (Fsp3) is 0.250. The molecule has 3 aromatic rings. The van der Waals surface area contributed by atoms with Crippen molar-refractivity contribution in [1.29, 1.82) is 5.26 Å². The summed E-state index contributed by atoms with van der Waals surface area (Å²) in [6, 6.07) is 14.3. The highest BCUT2D eigenvalue weighted by Gasteiger charge is 2.21. The lowest BCUT2D eigenvalue weighted by atomic mass is 10.0. The number of carbonyl (C=O) groups is 2. The average Bonchev–Trinajstić information content (AvgIpc) is 3.21. The van der Waals surface area contributed by atoms with Crippen molar-refractivity contribution in [2.24, 2.45) is 7.05 Å². The Hall–Kier alpha value is -4.12. The molecule has 1 aliphatic rings. The van der Waals surface area contributed by atoms with Crippen molar-refractivity contribution in [3.05, 3.63) is 77.4 Å². The van der Waals surface area contributed by atoms with Gasteiger partial charge in [-0.15, -0.1) is 0 Å². The molecule has 2 N–H and O–H groups in total. The molecule has 2 aromatic carbocycles. The van der Waals surface area contributed by atoms with Gasteiger partial charge in [0, 0.05) is 26.4 Å². The second-order valence-electron chi connectivity index (χ2n) is 7.68. The van der Waals surface area contributed by atoms with Crippen LogP contribution >= 0.6 is 0 Å². The van der Waals surface area contributed by atoms with Crippen LogP contribution in [0.5, 0.6) is 11.5 Å². The van der Waals surface area contributed by atoms with Gasteiger partial charge >= 0.3 is 0 Å². The maximum absolute atomic E-state index is 12.7. The highest BCUT2D eigenvalue weighted by atomic mass is 16.5. The first-order valence-electron chi connectivity index (χ1n) is 10.4. The number of fused-ring (bicyclic) bond motifs is 4. The van der Waals surface area contributed by atoms with Gasteiger partial charge in [0.05, 0.1) is 29.8 Å². The molecule has 2 amide bonds. The van der Waals surface area contributed by atoms with Crippen molar-refractivity contribution in [2.75, 3.05) is 0 Å². The summed E-state index contributed by atoms with van der Waals surface area (Å²) >= 11 is 0. The minimum atomic E-state index is -0.443. The van der Waals surface area contributed by atoms with Gasteiger partial charge < -0.3 is 19.9 Å². The molecular weight excluding hydrogens is 406 g/mol. The topological polar surface area (TPSA) is 109 Å². The predicted octanol–water partition coefficient (Wildman–Crippen LogP) is 3.09. The quantitative estimate of drug-likeness (QED) is 0.618. The number of amides is 2. The van der Waals surface area contributed by atoms with Crippen LogP contribution in [0.2, 0.25) is 0 Å². The van der Waals surface area contributed by atoms with Gasteiger partial charge in [0.1, 0.15) is 17.6 Å². The Kier molecular flexibility index (Phi) is 6.17. The van der Waals surface area contributed by atoms with Crippen LogP contribution in [-0.2, 0) is 23.2 Å². The van der Waals surface area contributed by atoms with Crippen LogP contribution in [-0.4, -0.2) is 21.4 Å². The van der Waals surface area contributed by atoms with Crippen molar-refractivity contribution < 1.29 is 14.3 Å². The standard InChI is InChI=1S/C24H23N5O3/c1-29-15-26-14-20(29)24-17-4-2-5-19(11-17)32-21-10-16(8-9-18(21)12-25)13-27-22(30)6-3-7-23(31)28-24/h2,4-5,8-11,14-15,24H,3,6-7,13H2,1H3,(H,27,30)(H,28,31). The van der Waals surface area contributed by atoms with Crippen LogP contribution in [0.1, 0.15) is 47.7 Å². The summed E-state index contributed by atoms with van der Waals surface area (Å²) in [6.45, 7) is 0.315. The fourth-order valence-electron chi connectivity index (χ4n) is 3.64. The molecule has 2 heterocycles. The van der Waals surface area contributed by atoms with Crippen molar-refractivity contribution in [2.45, 2.75) is 31.8 Å². The number of imidazole rings is 1. The molecule has 0 saturated heterocycles. The number of rotatable bonds is 1. The first kappa shape index (κ1) is 21.1. The molecular formula is C24H23N5O3. The Morgan fingerprint density at radius 2 is 2.00 bits per heavy atom. The van der Waals surface area contributed by atoms with Crippen molar-refractivity contribution >= 4 is 11.8 Å². The van der Waals surface area contributed by atoms with Crippen LogP contribution in [0, 0.1) is 11.3 Å². The number of nitrogens with zero attached hydrogens (tertiary/aromatic N) is 3. The highest BCUT2D eigenvalue weighted by molar-refractivity contribution is 5.79. The van der Waals surface area contributed by atoms with Gasteiger partial charge in [0.2, 0.25) is 11.8 Å². The van der Waals surface area contributed by atoms with Gasteiger partial charge in [-0.25, -0.2) is 4.98 Å². The monoisotopic (exact) mass is 429 g/mol. The molecule has 1 atom stereocenters. The summed E-state index contributed by atoms with van der Waals surface area (Å²) < 4.78 is 7.91. The lowest BCUT2D eigenvalue weighted by molar-refractivity contribution is -0.122. The molecule has 8 nitrogen and oxygen atoms in total. The summed E-state index contributed by atoms with van der Waals surface area (Å²) in [5.41, 5.74) is 2.84. The van der Waals surface area contributed by atoms with Gasteiger partial charge in [-0.2, -0.15) is 5.26 Å². The number of nitrogens with one attached hydrogen (secondary N) is 2. The largest absolute Gasteiger partial charge is 0.456 e. The van der Waals surface area contributed by atoms with E-state index >= 15 is 0 Å². The van der Waals surface area contributed by atoms with Gasteiger partial charge in [-0.1, -0.05) is 18.2 Å². The van der Waals surface area contributed by atoms with Gasteiger partial charge in [0.25, 0.3) is 0 Å². The van der Waals surface area contributed by atoms with E-state index in [4.69, 9.17) is 4.74 Å². The Balaban J connectivity index is 1.76. The fourth-order valence-corrected chi connectivity index (χ4v) is 3.64. The summed E-state index contributed by atoms with van der Waals surface area (Å²) in [7, 11) is 1.86. The normalized spacial score (nSPS) is 16.9. The van der Waals surface area contributed by atoms with E-state index in [-0.39, 0.29) is 24.7 Å². The molecule has 0 fully saturated rings. The molecule has 0 spiro atoms. The molecule has 8 heteroatoms. The van der Waals surface area contributed by atoms with Gasteiger partial charge in [-0.05, 0) is 41.8 Å². The summed E-state index contributed by atoms with van der Waals surface area (Å²) in [6.07, 6.45) is 4.31. The molecule has 0 aliphatic carbocycles. The highest BCUT2D eigenvalue weighted by Crippen LogP contribution is 2.30. The lowest BCUT2D eigenvalue weighted by Crippen LogP contribution is -2.30. The second kappa shape index (κ2) is 9.35. The zero-order chi connectivity index (χ0) is 22.5. The molecule has 1 unspecified atom stereocenters. The van der Waals surface area contributed by atoms with Crippen molar-refractivity contribution in [3.63, 3.8) is 0 Å². The minimum absolute atomic E-state index is 0.134. The molecule has 0 radical (unpaired) electrons. The average molecular weight is 429 g/mol. The van der Waals surface area contributed by atoms with Gasteiger partial charge in [0.15, 0.2) is 0 Å². The number of nitriles is 1.